The molecule has 0 aliphatic heterocycles. The zero-order valence-corrected chi connectivity index (χ0v) is 15.0. The fourth-order valence-corrected chi connectivity index (χ4v) is 2.89. The summed E-state index contributed by atoms with van der Waals surface area (Å²) in [5, 5.41) is 4.43. The van der Waals surface area contributed by atoms with Gasteiger partial charge < -0.3 is 0 Å². The van der Waals surface area contributed by atoms with Crippen molar-refractivity contribution in [2.24, 2.45) is 0 Å². The van der Waals surface area contributed by atoms with Crippen molar-refractivity contribution in [3.8, 4) is 0 Å². The third kappa shape index (κ3) is 3.72. The average Bonchev–Trinajstić information content (AvgIpc) is 3.00. The molecule has 26 heavy (non-hydrogen) atoms. The van der Waals surface area contributed by atoms with Gasteiger partial charge in [-0.1, -0.05) is 18.2 Å². The monoisotopic (exact) mass is 351 g/mol. The van der Waals surface area contributed by atoms with Gasteiger partial charge in [-0.2, -0.15) is 5.10 Å². The lowest BCUT2D eigenvalue weighted by Crippen LogP contribution is -2.41. The summed E-state index contributed by atoms with van der Waals surface area (Å²) in [6.07, 6.45) is 0.761. The average molecular weight is 351 g/mol. The topological polar surface area (TPSA) is 88.4 Å². The number of nitrogens with zero attached hydrogens (tertiary/aromatic N) is 3. The van der Waals surface area contributed by atoms with E-state index in [1.165, 1.54) is 0 Å². The summed E-state index contributed by atoms with van der Waals surface area (Å²) in [5.74, 6) is -0.605. The summed E-state index contributed by atoms with van der Waals surface area (Å²) >= 11 is 0. The molecule has 0 spiro atoms. The number of carbonyl (C=O) groups is 2. The van der Waals surface area contributed by atoms with Gasteiger partial charge in [0.25, 0.3) is 5.91 Å². The molecule has 0 fully saturated rings. The Morgan fingerprint density at radius 1 is 1.08 bits per heavy atom. The first-order valence-electron chi connectivity index (χ1n) is 8.42. The van der Waals surface area contributed by atoms with Crippen LogP contribution in [-0.2, 0) is 11.2 Å². The van der Waals surface area contributed by atoms with Crippen LogP contribution in [0.25, 0.3) is 5.65 Å². The van der Waals surface area contributed by atoms with Crippen LogP contribution in [0.5, 0.6) is 0 Å². The number of carbonyl (C=O) groups excluding carboxylic acids is 2. The van der Waals surface area contributed by atoms with Crippen LogP contribution in [0.4, 0.5) is 0 Å². The molecule has 7 nitrogen and oxygen atoms in total. The summed E-state index contributed by atoms with van der Waals surface area (Å²) in [7, 11) is 0. The smallest absolute Gasteiger partial charge is 0.269 e. The fourth-order valence-electron chi connectivity index (χ4n) is 2.89. The Morgan fingerprint density at radius 3 is 2.54 bits per heavy atom. The zero-order valence-electron chi connectivity index (χ0n) is 15.0. The minimum atomic E-state index is -0.346. The number of benzene rings is 1. The highest BCUT2D eigenvalue weighted by atomic mass is 16.2. The zero-order chi connectivity index (χ0) is 18.7. The highest BCUT2D eigenvalue weighted by Crippen LogP contribution is 2.16. The van der Waals surface area contributed by atoms with Crippen LogP contribution in [0.15, 0.2) is 36.4 Å². The summed E-state index contributed by atoms with van der Waals surface area (Å²) in [6, 6.07) is 10.6. The van der Waals surface area contributed by atoms with Crippen molar-refractivity contribution >= 4 is 17.5 Å². The Balaban J connectivity index is 1.61. The molecular formula is C19H21N5O2. The number of amides is 2. The van der Waals surface area contributed by atoms with Crippen molar-refractivity contribution < 1.29 is 9.59 Å². The third-order valence-electron chi connectivity index (χ3n) is 4.24. The molecule has 0 aliphatic rings. The van der Waals surface area contributed by atoms with Crippen molar-refractivity contribution in [3.63, 3.8) is 0 Å². The van der Waals surface area contributed by atoms with Crippen LogP contribution in [0.2, 0.25) is 0 Å². The van der Waals surface area contributed by atoms with E-state index in [1.807, 2.05) is 32.9 Å². The second kappa shape index (κ2) is 7.35. The molecule has 0 unspecified atom stereocenters. The normalized spacial score (nSPS) is 10.7. The molecule has 1 aromatic carbocycles. The molecule has 0 atom stereocenters. The van der Waals surface area contributed by atoms with Crippen molar-refractivity contribution in [2.45, 2.75) is 33.6 Å². The number of aromatic nitrogens is 3. The van der Waals surface area contributed by atoms with E-state index in [0.717, 1.165) is 28.3 Å². The van der Waals surface area contributed by atoms with E-state index in [0.29, 0.717) is 12.0 Å². The van der Waals surface area contributed by atoms with E-state index >= 15 is 0 Å². The predicted octanol–water partition coefficient (Wildman–Crippen LogP) is 2.05. The van der Waals surface area contributed by atoms with Crippen LogP contribution in [0.3, 0.4) is 0 Å². The molecule has 0 bridgehead atoms. The third-order valence-corrected chi connectivity index (χ3v) is 4.24. The molecule has 0 radical (unpaired) electrons. The molecule has 0 saturated heterocycles. The quantitative estimate of drug-likeness (QED) is 0.704. The Hall–Kier alpha value is -3.22. The SMILES string of the molecule is Cc1cc2nc(C)c(CCC(=O)NNC(=O)c3ccccc3)c(C)n2n1. The lowest BCUT2D eigenvalue weighted by atomic mass is 10.1. The Bertz CT molecular complexity index is 963. The van der Waals surface area contributed by atoms with Crippen LogP contribution in [0, 0.1) is 20.8 Å². The Labute approximate surface area is 151 Å². The molecule has 3 aromatic rings. The molecule has 2 N–H and O–H groups in total. The largest absolute Gasteiger partial charge is 0.273 e. The molecule has 2 heterocycles. The van der Waals surface area contributed by atoms with Gasteiger partial charge in [-0.3, -0.25) is 20.4 Å². The second-order valence-corrected chi connectivity index (χ2v) is 6.19. The van der Waals surface area contributed by atoms with E-state index in [2.05, 4.69) is 20.9 Å². The van der Waals surface area contributed by atoms with Crippen molar-refractivity contribution in [1.29, 1.82) is 0 Å². The van der Waals surface area contributed by atoms with E-state index in [-0.39, 0.29) is 18.2 Å². The van der Waals surface area contributed by atoms with Crippen LogP contribution >= 0.6 is 0 Å². The van der Waals surface area contributed by atoms with Gasteiger partial charge in [-0.05, 0) is 44.9 Å². The fraction of sp³-hybridized carbons (Fsp3) is 0.263. The van der Waals surface area contributed by atoms with E-state index in [9.17, 15) is 9.59 Å². The second-order valence-electron chi connectivity index (χ2n) is 6.19. The molecule has 2 amide bonds. The number of hydrazine groups is 1. The first-order valence-corrected chi connectivity index (χ1v) is 8.42. The van der Waals surface area contributed by atoms with Crippen LogP contribution in [0.1, 0.15) is 39.4 Å². The minimum absolute atomic E-state index is 0.240. The van der Waals surface area contributed by atoms with Gasteiger partial charge in [-0.25, -0.2) is 9.50 Å². The van der Waals surface area contributed by atoms with Gasteiger partial charge in [0.05, 0.1) is 5.69 Å². The van der Waals surface area contributed by atoms with E-state index < -0.39 is 0 Å². The number of hydrogen-bond donors (Lipinski definition) is 2. The van der Waals surface area contributed by atoms with Crippen molar-refractivity contribution in [1.82, 2.24) is 25.4 Å². The summed E-state index contributed by atoms with van der Waals surface area (Å²) in [5.41, 5.74) is 9.92. The molecule has 0 aliphatic carbocycles. The number of fused-ring (bicyclic) bond motifs is 1. The van der Waals surface area contributed by atoms with Gasteiger partial charge in [0.15, 0.2) is 5.65 Å². The predicted molar refractivity (Wildman–Crippen MR) is 97.6 cm³/mol. The van der Waals surface area contributed by atoms with Crippen LogP contribution < -0.4 is 10.9 Å². The summed E-state index contributed by atoms with van der Waals surface area (Å²) in [6.45, 7) is 5.82. The van der Waals surface area contributed by atoms with Crippen LogP contribution in [-0.4, -0.2) is 26.4 Å². The summed E-state index contributed by atoms with van der Waals surface area (Å²) in [4.78, 5) is 28.6. The lowest BCUT2D eigenvalue weighted by Gasteiger charge is -2.11. The van der Waals surface area contributed by atoms with Gasteiger partial charge in [0.1, 0.15) is 0 Å². The van der Waals surface area contributed by atoms with Crippen molar-refractivity contribution in [3.05, 3.63) is 64.6 Å². The lowest BCUT2D eigenvalue weighted by molar-refractivity contribution is -0.121. The van der Waals surface area contributed by atoms with E-state index in [1.54, 1.807) is 28.8 Å². The van der Waals surface area contributed by atoms with Gasteiger partial charge >= 0.3 is 0 Å². The molecule has 134 valence electrons. The number of nitrogens with one attached hydrogen (secondary N) is 2. The summed E-state index contributed by atoms with van der Waals surface area (Å²) < 4.78 is 1.80. The molecular weight excluding hydrogens is 330 g/mol. The van der Waals surface area contributed by atoms with Gasteiger partial charge in [0, 0.05) is 29.4 Å². The minimum Gasteiger partial charge on any atom is -0.273 e. The van der Waals surface area contributed by atoms with Crippen molar-refractivity contribution in [2.75, 3.05) is 0 Å². The molecule has 7 heteroatoms. The first-order chi connectivity index (χ1) is 12.5. The van der Waals surface area contributed by atoms with Gasteiger partial charge in [0.2, 0.25) is 5.91 Å². The maximum absolute atomic E-state index is 12.1. The first kappa shape index (κ1) is 17.6. The highest BCUT2D eigenvalue weighted by Gasteiger charge is 2.13. The number of rotatable bonds is 4. The van der Waals surface area contributed by atoms with E-state index in [4.69, 9.17) is 0 Å². The molecule has 3 rings (SSSR count). The molecule has 0 saturated carbocycles. The standard InChI is InChI=1S/C19H21N5O2/c1-12-11-17-20-13(2)16(14(3)24(17)23-12)9-10-18(25)21-22-19(26)15-7-5-4-6-8-15/h4-8,11H,9-10H2,1-3H3,(H,21,25)(H,22,26). The highest BCUT2D eigenvalue weighted by molar-refractivity contribution is 5.95. The Kier molecular flexibility index (Phi) is 4.97. The maximum atomic E-state index is 12.1. The maximum Gasteiger partial charge on any atom is 0.269 e. The molecule has 2 aromatic heterocycles. The van der Waals surface area contributed by atoms with Gasteiger partial charge in [-0.15, -0.1) is 0 Å². The Morgan fingerprint density at radius 2 is 1.81 bits per heavy atom. The number of aryl methyl sites for hydroxylation is 3. The number of hydrogen-bond acceptors (Lipinski definition) is 4.